The number of para-hydroxylation sites is 1. The van der Waals surface area contributed by atoms with Crippen LogP contribution in [-0.2, 0) is 28.5 Å². The molecule has 12 heteroatoms. The summed E-state index contributed by atoms with van der Waals surface area (Å²) >= 11 is 0. The first-order chi connectivity index (χ1) is 19.5. The molecule has 4 N–H and O–H groups in total. The molecule has 2 aromatic rings. The molecule has 41 heavy (non-hydrogen) atoms. The first kappa shape index (κ1) is 30.5. The lowest BCUT2D eigenvalue weighted by Gasteiger charge is -2.35. The molecule has 2 saturated heterocycles. The number of primary amides is 1. The number of carbonyl (C=O) groups is 3. The molecule has 0 saturated carbocycles. The number of fused-ring (bicyclic) bond motifs is 1. The lowest BCUT2D eigenvalue weighted by Crippen LogP contribution is -2.59. The van der Waals surface area contributed by atoms with Crippen molar-refractivity contribution < 1.29 is 37.7 Å². The molecule has 2 unspecified atom stereocenters. The van der Waals surface area contributed by atoms with Gasteiger partial charge in [-0.25, -0.2) is 4.79 Å². The van der Waals surface area contributed by atoms with Crippen molar-refractivity contribution in [1.29, 1.82) is 0 Å². The molecule has 2 aliphatic rings. The van der Waals surface area contributed by atoms with Crippen LogP contribution in [0.4, 0.5) is 16.4 Å². The summed E-state index contributed by atoms with van der Waals surface area (Å²) in [6, 6.07) is 8.12. The number of nitrogens with two attached hydrogens (primary N) is 1. The molecule has 12 nitrogen and oxygen atoms in total. The summed E-state index contributed by atoms with van der Waals surface area (Å²) in [5, 5.41) is 5.83. The number of ether oxygens (including phenoxy) is 4. The zero-order valence-corrected chi connectivity index (χ0v) is 24.3. The summed E-state index contributed by atoms with van der Waals surface area (Å²) < 4.78 is 29.3. The molecular formula is C29H40N4O8. The fraction of sp³-hybridized carbons (Fsp3) is 0.552. The number of rotatable bonds is 11. The van der Waals surface area contributed by atoms with Gasteiger partial charge in [-0.2, -0.15) is 0 Å². The van der Waals surface area contributed by atoms with E-state index in [4.69, 9.17) is 29.1 Å². The summed E-state index contributed by atoms with van der Waals surface area (Å²) in [6.07, 6.45) is -1.02. The Hall–Kier alpha value is -3.45. The van der Waals surface area contributed by atoms with Crippen LogP contribution >= 0.6 is 0 Å². The zero-order chi connectivity index (χ0) is 29.9. The van der Waals surface area contributed by atoms with E-state index in [1.165, 1.54) is 18.3 Å². The van der Waals surface area contributed by atoms with Gasteiger partial charge in [0.05, 0.1) is 12.3 Å². The topological polar surface area (TPSA) is 155 Å². The molecule has 4 rings (SSSR count). The Morgan fingerprint density at radius 1 is 1.15 bits per heavy atom. The Morgan fingerprint density at radius 2 is 1.88 bits per heavy atom. The van der Waals surface area contributed by atoms with Crippen LogP contribution < -0.4 is 21.3 Å². The predicted octanol–water partition coefficient (Wildman–Crippen LogP) is 3.29. The highest BCUT2D eigenvalue weighted by atomic mass is 16.8. The number of nitrogens with zero attached hydrogens (tertiary/aromatic N) is 1. The molecule has 2 aliphatic heterocycles. The maximum absolute atomic E-state index is 14.1. The highest BCUT2D eigenvalue weighted by molar-refractivity contribution is 6.06. The number of amides is 4. The van der Waals surface area contributed by atoms with Gasteiger partial charge < -0.3 is 39.7 Å². The van der Waals surface area contributed by atoms with Crippen molar-refractivity contribution in [1.82, 2.24) is 5.32 Å². The average molecular weight is 573 g/mol. The third kappa shape index (κ3) is 6.72. The van der Waals surface area contributed by atoms with Crippen molar-refractivity contribution in [3.05, 3.63) is 48.2 Å². The van der Waals surface area contributed by atoms with E-state index in [9.17, 15) is 14.4 Å². The summed E-state index contributed by atoms with van der Waals surface area (Å²) in [6.45, 7) is 9.19. The fourth-order valence-corrected chi connectivity index (χ4v) is 5.34. The summed E-state index contributed by atoms with van der Waals surface area (Å²) in [5.74, 6) is -2.16. The van der Waals surface area contributed by atoms with Crippen molar-refractivity contribution in [3.63, 3.8) is 0 Å². The third-order valence-electron chi connectivity index (χ3n) is 7.52. The number of hydrogen-bond acceptors (Lipinski definition) is 8. The molecular weight excluding hydrogens is 532 g/mol. The minimum absolute atomic E-state index is 0.188. The van der Waals surface area contributed by atoms with Gasteiger partial charge in [-0.05, 0) is 44.4 Å². The Morgan fingerprint density at radius 3 is 2.49 bits per heavy atom. The van der Waals surface area contributed by atoms with Crippen LogP contribution in [0.3, 0.4) is 0 Å². The second kappa shape index (κ2) is 12.6. The van der Waals surface area contributed by atoms with Gasteiger partial charge in [0.25, 0.3) is 0 Å². The normalized spacial score (nSPS) is 25.1. The minimum atomic E-state index is -1.01. The van der Waals surface area contributed by atoms with Crippen LogP contribution in [0.25, 0.3) is 0 Å². The maximum Gasteiger partial charge on any atom is 0.329 e. The van der Waals surface area contributed by atoms with Gasteiger partial charge in [0.15, 0.2) is 12.1 Å². The number of benzene rings is 1. The standard InChI is InChI=1S/C29H40N4O8/c1-7-16(2)22(33(21-13-10-14-38-21)28(36)32-18-12-9-8-11-17(18)3)26(35)31-19(15-20(30)34)23-24(37-6)25-27(39-23)41-29(4,5)40-25/h8-14,16,19,22-25,27H,7,15H2,1-6H3,(H2,30,34)(H,31,35)(H,32,36)/t16-,19?,22-,23?,24+,25-,27-/m0/s1. The predicted molar refractivity (Wildman–Crippen MR) is 150 cm³/mol. The number of nitrogens with one attached hydrogen (secondary N) is 2. The van der Waals surface area contributed by atoms with E-state index in [1.54, 1.807) is 32.0 Å². The molecule has 0 radical (unpaired) electrons. The second-order valence-electron chi connectivity index (χ2n) is 11.0. The molecule has 0 bridgehead atoms. The van der Waals surface area contributed by atoms with Gasteiger partial charge in [0.1, 0.15) is 24.4 Å². The minimum Gasteiger partial charge on any atom is -0.448 e. The number of furan rings is 1. The Labute approximate surface area is 239 Å². The van der Waals surface area contributed by atoms with Crippen LogP contribution in [0.1, 0.15) is 46.1 Å². The number of hydrogen-bond donors (Lipinski definition) is 3. The van der Waals surface area contributed by atoms with Crippen LogP contribution in [0.2, 0.25) is 0 Å². The molecule has 1 aromatic heterocycles. The largest absolute Gasteiger partial charge is 0.448 e. The number of anilines is 2. The smallest absolute Gasteiger partial charge is 0.329 e. The lowest BCUT2D eigenvalue weighted by molar-refractivity contribution is -0.220. The summed E-state index contributed by atoms with van der Waals surface area (Å²) in [7, 11) is 1.50. The molecule has 224 valence electrons. The number of urea groups is 1. The zero-order valence-electron chi connectivity index (χ0n) is 24.3. The Balaban J connectivity index is 1.64. The second-order valence-corrected chi connectivity index (χ2v) is 11.0. The Kier molecular flexibility index (Phi) is 9.37. The quantitative estimate of drug-likeness (QED) is 0.371. The lowest BCUT2D eigenvalue weighted by atomic mass is 9.94. The van der Waals surface area contributed by atoms with Gasteiger partial charge >= 0.3 is 6.03 Å². The summed E-state index contributed by atoms with van der Waals surface area (Å²) in [4.78, 5) is 41.3. The van der Waals surface area contributed by atoms with Gasteiger partial charge in [-0.3, -0.25) is 14.5 Å². The van der Waals surface area contributed by atoms with Crippen molar-refractivity contribution in [2.24, 2.45) is 11.7 Å². The van der Waals surface area contributed by atoms with Gasteiger partial charge in [-0.1, -0.05) is 38.5 Å². The van der Waals surface area contributed by atoms with E-state index in [1.807, 2.05) is 39.0 Å². The van der Waals surface area contributed by atoms with Crippen molar-refractivity contribution in [2.75, 3.05) is 17.3 Å². The third-order valence-corrected chi connectivity index (χ3v) is 7.52. The molecule has 7 atom stereocenters. The summed E-state index contributed by atoms with van der Waals surface area (Å²) in [5.41, 5.74) is 7.04. The van der Waals surface area contributed by atoms with Gasteiger partial charge in [0, 0.05) is 25.3 Å². The van der Waals surface area contributed by atoms with Crippen LogP contribution in [0.15, 0.2) is 47.1 Å². The van der Waals surface area contributed by atoms with E-state index in [0.29, 0.717) is 12.1 Å². The maximum atomic E-state index is 14.1. The molecule has 3 heterocycles. The molecule has 0 spiro atoms. The van der Waals surface area contributed by atoms with Crippen LogP contribution in [0.5, 0.6) is 0 Å². The molecule has 2 fully saturated rings. The first-order valence-electron chi connectivity index (χ1n) is 13.8. The van der Waals surface area contributed by atoms with Gasteiger partial charge in [0.2, 0.25) is 17.7 Å². The van der Waals surface area contributed by atoms with Gasteiger partial charge in [-0.15, -0.1) is 0 Å². The number of carbonyl (C=O) groups excluding carboxylic acids is 3. The van der Waals surface area contributed by atoms with E-state index in [-0.39, 0.29) is 18.2 Å². The van der Waals surface area contributed by atoms with E-state index in [2.05, 4.69) is 10.6 Å². The fourth-order valence-electron chi connectivity index (χ4n) is 5.34. The first-order valence-corrected chi connectivity index (χ1v) is 13.8. The van der Waals surface area contributed by atoms with Crippen LogP contribution in [0, 0.1) is 12.8 Å². The van der Waals surface area contributed by atoms with E-state index >= 15 is 0 Å². The highest BCUT2D eigenvalue weighted by Gasteiger charge is 2.57. The van der Waals surface area contributed by atoms with Crippen molar-refractivity contribution >= 4 is 29.4 Å². The number of aryl methyl sites for hydroxylation is 1. The van der Waals surface area contributed by atoms with E-state index < -0.39 is 60.3 Å². The SMILES string of the molecule is CC[C@H](C)[C@@H](C(=O)NC(CC(N)=O)C1O[C@H]2OC(C)(C)O[C@H]2[C@@H]1OC)N(C(=O)Nc1ccccc1C)c1ccco1. The van der Waals surface area contributed by atoms with Crippen molar-refractivity contribution in [3.8, 4) is 0 Å². The van der Waals surface area contributed by atoms with E-state index in [0.717, 1.165) is 5.56 Å². The van der Waals surface area contributed by atoms with Crippen molar-refractivity contribution in [2.45, 2.75) is 89.9 Å². The molecule has 1 aromatic carbocycles. The molecule has 0 aliphatic carbocycles. The number of methoxy groups -OCH3 is 1. The average Bonchev–Trinajstić information content (AvgIpc) is 3.62. The molecule has 4 amide bonds. The van der Waals surface area contributed by atoms with Crippen LogP contribution in [-0.4, -0.2) is 67.4 Å². The monoisotopic (exact) mass is 572 g/mol. The Bertz CT molecular complexity index is 1220. The highest BCUT2D eigenvalue weighted by Crippen LogP contribution is 2.40.